The van der Waals surface area contributed by atoms with E-state index in [9.17, 15) is 36.5 Å². The number of hydrogen-bond donors (Lipinski definition) is 1. The molecule has 0 aliphatic carbocycles. The summed E-state index contributed by atoms with van der Waals surface area (Å²) in [6, 6.07) is 5.87. The van der Waals surface area contributed by atoms with Crippen molar-refractivity contribution in [3.05, 3.63) is 69.3 Å². The molecule has 0 bridgehead atoms. The lowest BCUT2D eigenvalue weighted by molar-refractivity contribution is -0.384. The smallest absolute Gasteiger partial charge is 0.272 e. The number of nitrogens with one attached hydrogen (secondary N) is 1. The van der Waals surface area contributed by atoms with E-state index in [1.165, 1.54) is 6.07 Å². The molecule has 0 aromatic heterocycles. The number of benzene rings is 2. The maximum absolute atomic E-state index is 12.6. The molecule has 0 atom stereocenters. The van der Waals surface area contributed by atoms with Crippen molar-refractivity contribution in [3.8, 4) is 0 Å². The zero-order chi connectivity index (χ0) is 19.5. The largest absolute Gasteiger partial charge is 0.416 e. The van der Waals surface area contributed by atoms with E-state index in [4.69, 9.17) is 0 Å². The first-order valence-corrected chi connectivity index (χ1v) is 6.80. The Morgan fingerprint density at radius 3 is 2.15 bits per heavy atom. The van der Waals surface area contributed by atoms with E-state index in [-0.39, 0.29) is 11.3 Å². The van der Waals surface area contributed by atoms with Crippen molar-refractivity contribution in [2.45, 2.75) is 12.4 Å². The molecule has 0 fully saturated rings. The van der Waals surface area contributed by atoms with Crippen LogP contribution in [-0.2, 0) is 12.4 Å². The summed E-state index contributed by atoms with van der Waals surface area (Å²) in [6.45, 7) is 0. The van der Waals surface area contributed by atoms with E-state index in [0.717, 1.165) is 30.5 Å². The van der Waals surface area contributed by atoms with E-state index < -0.39 is 34.1 Å². The van der Waals surface area contributed by atoms with Gasteiger partial charge in [0, 0.05) is 6.07 Å². The van der Waals surface area contributed by atoms with E-state index in [1.807, 2.05) is 0 Å². The van der Waals surface area contributed by atoms with Crippen LogP contribution in [0.25, 0.3) is 0 Å². The van der Waals surface area contributed by atoms with Gasteiger partial charge in [-0.15, -0.1) is 0 Å². The van der Waals surface area contributed by atoms with E-state index in [2.05, 4.69) is 10.5 Å². The number of nitro benzene ring substituents is 1. The molecule has 0 heterocycles. The molecule has 5 nitrogen and oxygen atoms in total. The van der Waals surface area contributed by atoms with Gasteiger partial charge in [-0.05, 0) is 29.8 Å². The number of hydrogen-bond acceptors (Lipinski definition) is 4. The lowest BCUT2D eigenvalue weighted by atomic mass is 10.1. The van der Waals surface area contributed by atoms with Crippen LogP contribution in [0.15, 0.2) is 47.6 Å². The minimum Gasteiger partial charge on any atom is -0.272 e. The van der Waals surface area contributed by atoms with Gasteiger partial charge in [0.1, 0.15) is 5.69 Å². The fourth-order valence-electron chi connectivity index (χ4n) is 1.93. The summed E-state index contributed by atoms with van der Waals surface area (Å²) in [5.41, 5.74) is -1.14. The number of alkyl halides is 6. The monoisotopic (exact) mass is 377 g/mol. The Morgan fingerprint density at radius 2 is 1.58 bits per heavy atom. The molecule has 0 saturated heterocycles. The number of nitro groups is 1. The standard InChI is InChI=1S/C15H9F6N3O2/c16-14(17,18)10-3-1-2-9(6-10)8-22-23-12-5-4-11(15(19,20)21)7-13(12)24(25)26/h1-8,23H. The van der Waals surface area contributed by atoms with Crippen LogP contribution in [0.5, 0.6) is 0 Å². The third-order valence-corrected chi connectivity index (χ3v) is 3.13. The molecule has 11 heteroatoms. The van der Waals surface area contributed by atoms with E-state index >= 15 is 0 Å². The van der Waals surface area contributed by atoms with Crippen LogP contribution in [0.2, 0.25) is 0 Å². The third-order valence-electron chi connectivity index (χ3n) is 3.13. The molecule has 138 valence electrons. The van der Waals surface area contributed by atoms with Crippen molar-refractivity contribution in [2.75, 3.05) is 5.43 Å². The lowest BCUT2D eigenvalue weighted by Gasteiger charge is -2.08. The van der Waals surface area contributed by atoms with Gasteiger partial charge in [0.25, 0.3) is 5.69 Å². The minimum absolute atomic E-state index is 0.0434. The summed E-state index contributed by atoms with van der Waals surface area (Å²) < 4.78 is 75.6. The van der Waals surface area contributed by atoms with Crippen LogP contribution in [0, 0.1) is 10.1 Å². The molecule has 1 N–H and O–H groups in total. The van der Waals surface area contributed by atoms with Gasteiger partial charge in [-0.25, -0.2) is 0 Å². The second kappa shape index (κ2) is 7.02. The van der Waals surface area contributed by atoms with Gasteiger partial charge in [0.2, 0.25) is 0 Å². The Balaban J connectivity index is 2.24. The summed E-state index contributed by atoms with van der Waals surface area (Å²) in [5.74, 6) is 0. The van der Waals surface area contributed by atoms with Crippen molar-refractivity contribution in [1.82, 2.24) is 0 Å². The third kappa shape index (κ3) is 4.71. The van der Waals surface area contributed by atoms with Crippen LogP contribution in [-0.4, -0.2) is 11.1 Å². The lowest BCUT2D eigenvalue weighted by Crippen LogP contribution is -2.07. The Morgan fingerprint density at radius 1 is 0.962 bits per heavy atom. The Kier molecular flexibility index (Phi) is 5.19. The maximum Gasteiger partial charge on any atom is 0.416 e. The molecule has 0 saturated carbocycles. The predicted octanol–water partition coefficient (Wildman–Crippen LogP) is 5.08. The van der Waals surface area contributed by atoms with Gasteiger partial charge in [-0.2, -0.15) is 31.4 Å². The average molecular weight is 377 g/mol. The number of hydrazone groups is 1. The SMILES string of the molecule is O=[N+]([O-])c1cc(C(F)(F)F)ccc1NN=Cc1cccc(C(F)(F)F)c1. The average Bonchev–Trinajstić information content (AvgIpc) is 2.53. The van der Waals surface area contributed by atoms with Crippen LogP contribution in [0.3, 0.4) is 0 Å². The second-order valence-electron chi connectivity index (χ2n) is 4.98. The number of anilines is 1. The fourth-order valence-corrected chi connectivity index (χ4v) is 1.93. The molecular formula is C15H9F6N3O2. The molecular weight excluding hydrogens is 368 g/mol. The first-order valence-electron chi connectivity index (χ1n) is 6.80. The number of rotatable bonds is 4. The highest BCUT2D eigenvalue weighted by Gasteiger charge is 2.33. The first kappa shape index (κ1) is 19.2. The van der Waals surface area contributed by atoms with Crippen molar-refractivity contribution >= 4 is 17.6 Å². The van der Waals surface area contributed by atoms with Gasteiger partial charge < -0.3 is 0 Å². The molecule has 0 radical (unpaired) electrons. The van der Waals surface area contributed by atoms with Crippen molar-refractivity contribution in [3.63, 3.8) is 0 Å². The van der Waals surface area contributed by atoms with Gasteiger partial charge in [0.05, 0.1) is 22.3 Å². The van der Waals surface area contributed by atoms with Crippen molar-refractivity contribution < 1.29 is 31.3 Å². The second-order valence-corrected chi connectivity index (χ2v) is 4.98. The summed E-state index contributed by atoms with van der Waals surface area (Å²) in [5, 5.41) is 14.5. The molecule has 0 unspecified atom stereocenters. The zero-order valence-corrected chi connectivity index (χ0v) is 12.6. The molecule has 2 aromatic carbocycles. The topological polar surface area (TPSA) is 67.5 Å². The predicted molar refractivity (Wildman–Crippen MR) is 80.8 cm³/mol. The first-order chi connectivity index (χ1) is 12.0. The molecule has 2 aromatic rings. The normalized spacial score (nSPS) is 12.4. The summed E-state index contributed by atoms with van der Waals surface area (Å²) in [7, 11) is 0. The quantitative estimate of drug-likeness (QED) is 0.350. The minimum atomic E-state index is -4.76. The molecule has 2 rings (SSSR count). The van der Waals surface area contributed by atoms with Crippen LogP contribution in [0.1, 0.15) is 16.7 Å². The summed E-state index contributed by atoms with van der Waals surface area (Å²) in [6.07, 6.45) is -8.36. The van der Waals surface area contributed by atoms with Crippen LogP contribution in [0.4, 0.5) is 37.7 Å². The van der Waals surface area contributed by atoms with E-state index in [1.54, 1.807) is 0 Å². The van der Waals surface area contributed by atoms with E-state index in [0.29, 0.717) is 12.1 Å². The van der Waals surface area contributed by atoms with Crippen LogP contribution < -0.4 is 5.43 Å². The molecule has 0 aliphatic heterocycles. The highest BCUT2D eigenvalue weighted by Crippen LogP contribution is 2.35. The van der Waals surface area contributed by atoms with Gasteiger partial charge >= 0.3 is 12.4 Å². The maximum atomic E-state index is 12.6. The Labute approximate surface area is 142 Å². The Bertz CT molecular complexity index is 846. The Hall–Kier alpha value is -3.11. The highest BCUT2D eigenvalue weighted by molar-refractivity contribution is 5.81. The number of nitrogens with zero attached hydrogens (tertiary/aromatic N) is 2. The van der Waals surface area contributed by atoms with Gasteiger partial charge in [-0.1, -0.05) is 12.1 Å². The molecule has 0 amide bonds. The number of halogens is 6. The van der Waals surface area contributed by atoms with Crippen molar-refractivity contribution in [2.24, 2.45) is 5.10 Å². The van der Waals surface area contributed by atoms with Gasteiger partial charge in [0.15, 0.2) is 0 Å². The zero-order valence-electron chi connectivity index (χ0n) is 12.6. The van der Waals surface area contributed by atoms with Crippen LogP contribution >= 0.6 is 0 Å². The molecule has 0 aliphatic rings. The van der Waals surface area contributed by atoms with Crippen molar-refractivity contribution in [1.29, 1.82) is 0 Å². The summed E-state index contributed by atoms with van der Waals surface area (Å²) in [4.78, 5) is 9.88. The highest BCUT2D eigenvalue weighted by atomic mass is 19.4. The summed E-state index contributed by atoms with van der Waals surface area (Å²) >= 11 is 0. The molecule has 26 heavy (non-hydrogen) atoms. The molecule has 0 spiro atoms. The van der Waals surface area contributed by atoms with Gasteiger partial charge in [-0.3, -0.25) is 15.5 Å². The fraction of sp³-hybridized carbons (Fsp3) is 0.133.